The van der Waals surface area contributed by atoms with Crippen molar-refractivity contribution in [3.63, 3.8) is 0 Å². The average molecular weight is 517 g/mol. The number of aliphatic hydroxyl groups is 1. The second-order valence-electron chi connectivity index (χ2n) is 9.61. The standard InChI is InChI=1S/C29H32N4O5/c1-3-37-29(36)25-26(35)24(16-20-17-31-27-22(20)5-4-11-30-27)38-28(25)32-23-7-6-19(15-18(23)2)8-12-33-13-9-21(34)10-14-33/h4-7,11,15-17,21,32,34H,3,8-10,12-14H2,1-2H3,(H,30,31). The van der Waals surface area contributed by atoms with Gasteiger partial charge in [-0.3, -0.25) is 4.79 Å². The maximum absolute atomic E-state index is 13.2. The van der Waals surface area contributed by atoms with Crippen molar-refractivity contribution in [2.45, 2.75) is 39.2 Å². The van der Waals surface area contributed by atoms with Gasteiger partial charge in [0.1, 0.15) is 5.65 Å². The Bertz CT molecular complexity index is 1420. The van der Waals surface area contributed by atoms with Gasteiger partial charge in [0, 0.05) is 48.7 Å². The number of carbonyl (C=O) groups is 2. The van der Waals surface area contributed by atoms with E-state index < -0.39 is 11.8 Å². The maximum atomic E-state index is 13.2. The Labute approximate surface area is 221 Å². The van der Waals surface area contributed by atoms with Gasteiger partial charge in [0.05, 0.1) is 12.7 Å². The number of Topliss-reactive ketones (excluding diaryl/α,β-unsaturated/α-hetero) is 1. The monoisotopic (exact) mass is 516 g/mol. The number of esters is 1. The normalized spacial score (nSPS) is 17.9. The number of ether oxygens (including phenoxy) is 2. The summed E-state index contributed by atoms with van der Waals surface area (Å²) in [4.78, 5) is 35.7. The summed E-state index contributed by atoms with van der Waals surface area (Å²) in [5.74, 6) is -1.18. The third-order valence-electron chi connectivity index (χ3n) is 6.95. The van der Waals surface area contributed by atoms with Crippen LogP contribution in [-0.2, 0) is 25.5 Å². The van der Waals surface area contributed by atoms with E-state index in [2.05, 4.69) is 26.3 Å². The molecule has 0 radical (unpaired) electrons. The lowest BCUT2D eigenvalue weighted by Crippen LogP contribution is -2.37. The smallest absolute Gasteiger partial charge is 0.347 e. The minimum absolute atomic E-state index is 0.0289. The number of aryl methyl sites for hydroxylation is 1. The molecule has 0 aliphatic carbocycles. The number of rotatable bonds is 8. The lowest BCUT2D eigenvalue weighted by atomic mass is 10.0. The predicted octanol–water partition coefficient (Wildman–Crippen LogP) is 3.70. The Morgan fingerprint density at radius 2 is 2.13 bits per heavy atom. The largest absolute Gasteiger partial charge is 0.462 e. The molecule has 1 aromatic carbocycles. The number of ketones is 1. The second-order valence-corrected chi connectivity index (χ2v) is 9.61. The first-order chi connectivity index (χ1) is 18.4. The van der Waals surface area contributed by atoms with Crippen LogP contribution >= 0.6 is 0 Å². The lowest BCUT2D eigenvalue weighted by Gasteiger charge is -2.29. The van der Waals surface area contributed by atoms with Crippen LogP contribution in [0.2, 0.25) is 0 Å². The molecule has 0 bridgehead atoms. The van der Waals surface area contributed by atoms with E-state index in [1.54, 1.807) is 25.4 Å². The van der Waals surface area contributed by atoms with Gasteiger partial charge in [0.2, 0.25) is 11.7 Å². The number of aromatic nitrogens is 2. The third-order valence-corrected chi connectivity index (χ3v) is 6.95. The molecule has 2 aliphatic heterocycles. The number of aromatic amines is 1. The molecule has 38 heavy (non-hydrogen) atoms. The van der Waals surface area contributed by atoms with Gasteiger partial charge in [0.25, 0.3) is 0 Å². The number of benzene rings is 1. The van der Waals surface area contributed by atoms with Crippen molar-refractivity contribution in [2.75, 3.05) is 31.6 Å². The number of hydrogen-bond acceptors (Lipinski definition) is 8. The number of allylic oxidation sites excluding steroid dienone is 1. The highest BCUT2D eigenvalue weighted by molar-refractivity contribution is 6.26. The first kappa shape index (κ1) is 25.7. The topological polar surface area (TPSA) is 117 Å². The van der Waals surface area contributed by atoms with Gasteiger partial charge < -0.3 is 29.8 Å². The lowest BCUT2D eigenvalue weighted by molar-refractivity contribution is -0.139. The third kappa shape index (κ3) is 5.49. The van der Waals surface area contributed by atoms with Crippen molar-refractivity contribution in [1.29, 1.82) is 0 Å². The van der Waals surface area contributed by atoms with E-state index in [0.29, 0.717) is 5.65 Å². The van der Waals surface area contributed by atoms with E-state index in [4.69, 9.17) is 9.47 Å². The average Bonchev–Trinajstić information content (AvgIpc) is 3.46. The predicted molar refractivity (Wildman–Crippen MR) is 144 cm³/mol. The molecule has 3 aromatic rings. The van der Waals surface area contributed by atoms with Crippen LogP contribution in [0.25, 0.3) is 17.1 Å². The molecule has 0 unspecified atom stereocenters. The number of carbonyl (C=O) groups excluding carboxylic acids is 2. The molecule has 198 valence electrons. The van der Waals surface area contributed by atoms with Crippen molar-refractivity contribution in [1.82, 2.24) is 14.9 Å². The summed E-state index contributed by atoms with van der Waals surface area (Å²) >= 11 is 0. The van der Waals surface area contributed by atoms with Gasteiger partial charge in [0.15, 0.2) is 11.3 Å². The van der Waals surface area contributed by atoms with Gasteiger partial charge in [-0.05, 0) is 68.5 Å². The molecule has 0 atom stereocenters. The molecule has 0 amide bonds. The van der Waals surface area contributed by atoms with Gasteiger partial charge in [-0.2, -0.15) is 0 Å². The molecule has 4 heterocycles. The van der Waals surface area contributed by atoms with Gasteiger partial charge in [-0.1, -0.05) is 12.1 Å². The zero-order valence-corrected chi connectivity index (χ0v) is 21.6. The van der Waals surface area contributed by atoms with Crippen molar-refractivity contribution >= 4 is 34.5 Å². The Morgan fingerprint density at radius 1 is 1.32 bits per heavy atom. The number of piperidine rings is 1. The molecule has 3 N–H and O–H groups in total. The molecular formula is C29H32N4O5. The number of hydrogen-bond donors (Lipinski definition) is 3. The number of nitrogens with zero attached hydrogens (tertiary/aromatic N) is 2. The number of nitrogens with one attached hydrogen (secondary N) is 2. The number of aliphatic hydroxyl groups excluding tert-OH is 1. The maximum Gasteiger partial charge on any atom is 0.347 e. The van der Waals surface area contributed by atoms with E-state index >= 15 is 0 Å². The number of anilines is 1. The fraction of sp³-hybridized carbons (Fsp3) is 0.345. The molecule has 9 heteroatoms. The molecular weight excluding hydrogens is 484 g/mol. The van der Waals surface area contributed by atoms with Crippen molar-refractivity contribution in [2.24, 2.45) is 0 Å². The fourth-order valence-corrected chi connectivity index (χ4v) is 4.82. The summed E-state index contributed by atoms with van der Waals surface area (Å²) in [6.45, 7) is 6.57. The van der Waals surface area contributed by atoms with Gasteiger partial charge in [-0.15, -0.1) is 0 Å². The van der Waals surface area contributed by atoms with Crippen LogP contribution in [0.15, 0.2) is 59.9 Å². The molecule has 1 saturated heterocycles. The first-order valence-electron chi connectivity index (χ1n) is 13.0. The van der Waals surface area contributed by atoms with Crippen LogP contribution in [0.5, 0.6) is 0 Å². The van der Waals surface area contributed by atoms with Crippen LogP contribution in [0.3, 0.4) is 0 Å². The summed E-state index contributed by atoms with van der Waals surface area (Å²) in [5, 5.41) is 13.7. The molecule has 0 spiro atoms. The first-order valence-corrected chi connectivity index (χ1v) is 13.0. The van der Waals surface area contributed by atoms with Crippen LogP contribution in [0, 0.1) is 6.92 Å². The van der Waals surface area contributed by atoms with Gasteiger partial charge in [-0.25, -0.2) is 9.78 Å². The van der Waals surface area contributed by atoms with Crippen LogP contribution < -0.4 is 5.32 Å². The van der Waals surface area contributed by atoms with Crippen molar-refractivity contribution < 1.29 is 24.2 Å². The molecule has 9 nitrogen and oxygen atoms in total. The number of fused-ring (bicyclic) bond motifs is 1. The van der Waals surface area contributed by atoms with E-state index in [9.17, 15) is 14.7 Å². The Morgan fingerprint density at radius 3 is 2.89 bits per heavy atom. The quantitative estimate of drug-likeness (QED) is 0.236. The molecule has 2 aromatic heterocycles. The van der Waals surface area contributed by atoms with E-state index in [0.717, 1.165) is 61.1 Å². The Kier molecular flexibility index (Phi) is 7.57. The van der Waals surface area contributed by atoms with E-state index in [1.807, 2.05) is 31.2 Å². The van der Waals surface area contributed by atoms with Crippen LogP contribution in [0.4, 0.5) is 5.69 Å². The number of H-pyrrole nitrogens is 1. The number of pyridine rings is 1. The Balaban J connectivity index is 1.34. The highest BCUT2D eigenvalue weighted by atomic mass is 16.5. The Hall–Kier alpha value is -3.95. The van der Waals surface area contributed by atoms with Crippen LogP contribution in [0.1, 0.15) is 36.5 Å². The zero-order valence-electron chi connectivity index (χ0n) is 21.6. The summed E-state index contributed by atoms with van der Waals surface area (Å²) in [7, 11) is 0. The minimum atomic E-state index is -0.732. The minimum Gasteiger partial charge on any atom is -0.462 e. The molecule has 0 saturated carbocycles. The molecule has 5 rings (SSSR count). The highest BCUT2D eigenvalue weighted by Gasteiger charge is 2.37. The van der Waals surface area contributed by atoms with Gasteiger partial charge >= 0.3 is 5.97 Å². The summed E-state index contributed by atoms with van der Waals surface area (Å²) in [5.41, 5.74) is 4.14. The molecule has 2 aliphatic rings. The summed E-state index contributed by atoms with van der Waals surface area (Å²) < 4.78 is 11.1. The van der Waals surface area contributed by atoms with E-state index in [1.165, 1.54) is 5.56 Å². The summed E-state index contributed by atoms with van der Waals surface area (Å²) in [6.07, 6.45) is 7.40. The van der Waals surface area contributed by atoms with E-state index in [-0.39, 0.29) is 29.9 Å². The highest BCUT2D eigenvalue weighted by Crippen LogP contribution is 2.31. The van der Waals surface area contributed by atoms with Crippen LogP contribution in [-0.4, -0.2) is 64.1 Å². The summed E-state index contributed by atoms with van der Waals surface area (Å²) in [6, 6.07) is 9.77. The SMILES string of the molecule is CCOC(=O)C1=C(Nc2ccc(CCN3CCC(O)CC3)cc2C)OC(=Cc2c[nH]c3ncccc23)C1=O. The fourth-order valence-electron chi connectivity index (χ4n) is 4.82. The van der Waals surface area contributed by atoms with Crippen molar-refractivity contribution in [3.8, 4) is 0 Å². The second kappa shape index (κ2) is 11.2. The van der Waals surface area contributed by atoms with Crippen molar-refractivity contribution in [3.05, 3.63) is 76.6 Å². The molecule has 1 fully saturated rings. The number of likely N-dealkylation sites (tertiary alicyclic amines) is 1. The zero-order chi connectivity index (χ0) is 26.6.